The van der Waals surface area contributed by atoms with Gasteiger partial charge in [-0.15, -0.1) is 0 Å². The summed E-state index contributed by atoms with van der Waals surface area (Å²) in [6.07, 6.45) is -0.694. The molecule has 0 aliphatic rings. The standard InChI is InChI=1S/C17H17NO3/c1-21-15(16(19)13-8-4-2-5-9-13)12-18-17(20)14-10-6-3-7-11-14/h2-11,15H,12H2,1H3,(H,18,20)/t15-/m1/s1. The lowest BCUT2D eigenvalue weighted by Gasteiger charge is -2.15. The number of hydrogen-bond donors (Lipinski definition) is 1. The number of methoxy groups -OCH3 is 1. The first-order valence-corrected chi connectivity index (χ1v) is 6.67. The lowest BCUT2D eigenvalue weighted by Crippen LogP contribution is -2.38. The van der Waals surface area contributed by atoms with Crippen molar-refractivity contribution in [1.82, 2.24) is 5.32 Å². The molecule has 2 aromatic carbocycles. The zero-order valence-corrected chi connectivity index (χ0v) is 11.8. The van der Waals surface area contributed by atoms with Crippen LogP contribution in [0.3, 0.4) is 0 Å². The molecule has 21 heavy (non-hydrogen) atoms. The minimum absolute atomic E-state index is 0.137. The van der Waals surface area contributed by atoms with E-state index in [2.05, 4.69) is 5.32 Å². The summed E-state index contributed by atoms with van der Waals surface area (Å²) in [7, 11) is 1.46. The number of carbonyl (C=O) groups is 2. The van der Waals surface area contributed by atoms with E-state index in [1.807, 2.05) is 12.1 Å². The summed E-state index contributed by atoms with van der Waals surface area (Å²) in [6, 6.07) is 17.7. The Hall–Kier alpha value is -2.46. The summed E-state index contributed by atoms with van der Waals surface area (Å²) < 4.78 is 5.19. The fourth-order valence-electron chi connectivity index (χ4n) is 1.95. The van der Waals surface area contributed by atoms with Gasteiger partial charge in [-0.3, -0.25) is 9.59 Å². The van der Waals surface area contributed by atoms with Crippen LogP contribution < -0.4 is 5.32 Å². The van der Waals surface area contributed by atoms with Gasteiger partial charge in [-0.25, -0.2) is 0 Å². The molecule has 108 valence electrons. The Labute approximate surface area is 123 Å². The molecular formula is C17H17NO3. The van der Waals surface area contributed by atoms with E-state index in [-0.39, 0.29) is 18.2 Å². The van der Waals surface area contributed by atoms with Gasteiger partial charge in [0.2, 0.25) is 0 Å². The van der Waals surface area contributed by atoms with Crippen LogP contribution in [0.15, 0.2) is 60.7 Å². The van der Waals surface area contributed by atoms with Crippen molar-refractivity contribution in [2.75, 3.05) is 13.7 Å². The van der Waals surface area contributed by atoms with E-state index in [1.54, 1.807) is 48.5 Å². The predicted octanol–water partition coefficient (Wildman–Crippen LogP) is 2.31. The van der Waals surface area contributed by atoms with Gasteiger partial charge in [-0.1, -0.05) is 48.5 Å². The van der Waals surface area contributed by atoms with E-state index in [0.717, 1.165) is 0 Å². The maximum Gasteiger partial charge on any atom is 0.251 e. The van der Waals surface area contributed by atoms with Gasteiger partial charge < -0.3 is 10.1 Å². The molecule has 0 fully saturated rings. The lowest BCUT2D eigenvalue weighted by molar-refractivity contribution is 0.0594. The third-order valence-corrected chi connectivity index (χ3v) is 3.12. The molecule has 0 aliphatic heterocycles. The van der Waals surface area contributed by atoms with Gasteiger partial charge in [0.1, 0.15) is 6.10 Å². The van der Waals surface area contributed by atoms with E-state index in [9.17, 15) is 9.59 Å². The summed E-state index contributed by atoms with van der Waals surface area (Å²) in [5.74, 6) is -0.370. The van der Waals surface area contributed by atoms with Crippen molar-refractivity contribution in [3.8, 4) is 0 Å². The Morgan fingerprint density at radius 2 is 1.48 bits per heavy atom. The fraction of sp³-hybridized carbons (Fsp3) is 0.176. The van der Waals surface area contributed by atoms with Gasteiger partial charge in [-0.2, -0.15) is 0 Å². The van der Waals surface area contributed by atoms with Crippen LogP contribution in [0.5, 0.6) is 0 Å². The quantitative estimate of drug-likeness (QED) is 0.828. The molecule has 2 aromatic rings. The molecule has 0 unspecified atom stereocenters. The van der Waals surface area contributed by atoms with Crippen LogP contribution in [0, 0.1) is 0 Å². The van der Waals surface area contributed by atoms with Crippen molar-refractivity contribution in [1.29, 1.82) is 0 Å². The Morgan fingerprint density at radius 1 is 0.952 bits per heavy atom. The third-order valence-electron chi connectivity index (χ3n) is 3.12. The molecule has 1 atom stereocenters. The molecular weight excluding hydrogens is 266 g/mol. The second-order valence-electron chi connectivity index (χ2n) is 4.53. The third kappa shape index (κ3) is 4.00. The van der Waals surface area contributed by atoms with E-state index in [1.165, 1.54) is 7.11 Å². The summed E-state index contributed by atoms with van der Waals surface area (Å²) in [6.45, 7) is 0.137. The van der Waals surface area contributed by atoms with E-state index >= 15 is 0 Å². The van der Waals surface area contributed by atoms with Gasteiger partial charge in [0.15, 0.2) is 5.78 Å². The van der Waals surface area contributed by atoms with Crippen LogP contribution in [-0.2, 0) is 4.74 Å². The number of benzene rings is 2. The molecule has 4 nitrogen and oxygen atoms in total. The van der Waals surface area contributed by atoms with Crippen molar-refractivity contribution in [2.24, 2.45) is 0 Å². The molecule has 0 heterocycles. The topological polar surface area (TPSA) is 55.4 Å². The smallest absolute Gasteiger partial charge is 0.251 e. The van der Waals surface area contributed by atoms with Crippen molar-refractivity contribution < 1.29 is 14.3 Å². The number of hydrogen-bond acceptors (Lipinski definition) is 3. The maximum atomic E-state index is 12.2. The Kier molecular flexibility index (Phi) is 5.23. The molecule has 2 rings (SSSR count). The van der Waals surface area contributed by atoms with Gasteiger partial charge in [0.25, 0.3) is 5.91 Å². The average molecular weight is 283 g/mol. The van der Waals surface area contributed by atoms with Gasteiger partial charge in [0, 0.05) is 18.2 Å². The minimum Gasteiger partial charge on any atom is -0.371 e. The number of Topliss-reactive ketones (excluding diaryl/α,β-unsaturated/α-hetero) is 1. The molecule has 4 heteroatoms. The number of amides is 1. The Morgan fingerprint density at radius 3 is 2.00 bits per heavy atom. The first-order chi connectivity index (χ1) is 10.2. The highest BCUT2D eigenvalue weighted by atomic mass is 16.5. The first-order valence-electron chi connectivity index (χ1n) is 6.67. The summed E-state index contributed by atoms with van der Waals surface area (Å²) in [5, 5.41) is 2.72. The van der Waals surface area contributed by atoms with E-state index < -0.39 is 6.10 Å². The first kappa shape index (κ1) is 14.9. The molecule has 0 spiro atoms. The fourth-order valence-corrected chi connectivity index (χ4v) is 1.95. The molecule has 0 aliphatic carbocycles. The van der Waals surface area contributed by atoms with Crippen LogP contribution in [-0.4, -0.2) is 31.4 Å². The zero-order chi connectivity index (χ0) is 15.1. The highest BCUT2D eigenvalue weighted by Gasteiger charge is 2.20. The van der Waals surface area contributed by atoms with Crippen LogP contribution in [0.25, 0.3) is 0 Å². The normalized spacial score (nSPS) is 11.7. The van der Waals surface area contributed by atoms with Crippen molar-refractivity contribution in [3.63, 3.8) is 0 Å². The largest absolute Gasteiger partial charge is 0.371 e. The molecule has 0 bridgehead atoms. The van der Waals surface area contributed by atoms with Crippen molar-refractivity contribution >= 4 is 11.7 Å². The predicted molar refractivity (Wildman–Crippen MR) is 80.3 cm³/mol. The molecule has 0 saturated carbocycles. The number of nitrogens with one attached hydrogen (secondary N) is 1. The number of ketones is 1. The van der Waals surface area contributed by atoms with Crippen LogP contribution >= 0.6 is 0 Å². The van der Waals surface area contributed by atoms with Gasteiger partial charge >= 0.3 is 0 Å². The van der Waals surface area contributed by atoms with Crippen LogP contribution in [0.2, 0.25) is 0 Å². The molecule has 1 N–H and O–H groups in total. The molecule has 0 radical (unpaired) electrons. The molecule has 0 saturated heterocycles. The second kappa shape index (κ2) is 7.36. The Bertz CT molecular complexity index is 596. The number of ether oxygens (including phenoxy) is 1. The lowest BCUT2D eigenvalue weighted by atomic mass is 10.1. The SMILES string of the molecule is CO[C@H](CNC(=O)c1ccccc1)C(=O)c1ccccc1. The van der Waals surface area contributed by atoms with Gasteiger partial charge in [-0.05, 0) is 12.1 Å². The zero-order valence-electron chi connectivity index (χ0n) is 11.8. The Balaban J connectivity index is 1.97. The molecule has 1 amide bonds. The van der Waals surface area contributed by atoms with E-state index in [4.69, 9.17) is 4.74 Å². The maximum absolute atomic E-state index is 12.2. The highest BCUT2D eigenvalue weighted by Crippen LogP contribution is 2.06. The second-order valence-corrected chi connectivity index (χ2v) is 4.53. The minimum atomic E-state index is -0.694. The molecule has 0 aromatic heterocycles. The summed E-state index contributed by atoms with van der Waals surface area (Å²) in [4.78, 5) is 24.2. The number of carbonyl (C=O) groups excluding carboxylic acids is 2. The summed E-state index contributed by atoms with van der Waals surface area (Å²) in [5.41, 5.74) is 1.12. The summed E-state index contributed by atoms with van der Waals surface area (Å²) >= 11 is 0. The van der Waals surface area contributed by atoms with Crippen LogP contribution in [0.1, 0.15) is 20.7 Å². The average Bonchev–Trinajstić information content (AvgIpc) is 2.56. The van der Waals surface area contributed by atoms with E-state index in [0.29, 0.717) is 11.1 Å². The highest BCUT2D eigenvalue weighted by molar-refractivity contribution is 6.00. The van der Waals surface area contributed by atoms with Crippen molar-refractivity contribution in [3.05, 3.63) is 71.8 Å². The van der Waals surface area contributed by atoms with Crippen molar-refractivity contribution in [2.45, 2.75) is 6.10 Å². The van der Waals surface area contributed by atoms with Crippen LogP contribution in [0.4, 0.5) is 0 Å². The monoisotopic (exact) mass is 283 g/mol. The number of rotatable bonds is 6. The van der Waals surface area contributed by atoms with Gasteiger partial charge in [0.05, 0.1) is 6.54 Å².